The average Bonchev–Trinajstić information content (AvgIpc) is 2.39. The van der Waals surface area contributed by atoms with Gasteiger partial charge in [-0.25, -0.2) is 0 Å². The summed E-state index contributed by atoms with van der Waals surface area (Å²) in [6.07, 6.45) is -3.31. The van der Waals surface area contributed by atoms with Crippen LogP contribution >= 0.6 is 12.6 Å². The van der Waals surface area contributed by atoms with E-state index in [0.29, 0.717) is 0 Å². The van der Waals surface area contributed by atoms with E-state index in [9.17, 15) is 20.4 Å². The van der Waals surface area contributed by atoms with Gasteiger partial charge in [0.15, 0.2) is 5.60 Å². The molecule has 1 saturated carbocycles. The second kappa shape index (κ2) is 2.88. The number of fused-ring (bicyclic) bond motifs is 1. The van der Waals surface area contributed by atoms with Gasteiger partial charge in [0, 0.05) is 5.75 Å². The molecule has 1 aliphatic heterocycles. The second-order valence-corrected chi connectivity index (χ2v) is 5.18. The third kappa shape index (κ3) is 0.981. The SMILES string of the molecule is CC1(C)[C@]2(O)O[C@H]([C@H](O)CS)[C@H](O)[C@]12O. The summed E-state index contributed by atoms with van der Waals surface area (Å²) in [5.41, 5.74) is -2.62. The minimum atomic E-state index is -1.77. The predicted octanol–water partition coefficient (Wildman–Crippen LogP) is -1.50. The molecule has 1 saturated heterocycles. The zero-order valence-electron chi connectivity index (χ0n) is 8.58. The molecule has 5 atom stereocenters. The van der Waals surface area contributed by atoms with E-state index in [1.807, 2.05) is 0 Å². The maximum Gasteiger partial charge on any atom is 0.207 e. The van der Waals surface area contributed by atoms with Crippen molar-refractivity contribution in [1.82, 2.24) is 0 Å². The molecule has 1 heterocycles. The van der Waals surface area contributed by atoms with Crippen molar-refractivity contribution < 1.29 is 25.2 Å². The second-order valence-electron chi connectivity index (χ2n) is 4.81. The Morgan fingerprint density at radius 1 is 1.40 bits per heavy atom. The van der Waals surface area contributed by atoms with Crippen LogP contribution in [-0.4, -0.2) is 55.9 Å². The molecular formula is C9H16O5S. The molecular weight excluding hydrogens is 220 g/mol. The standard InChI is InChI=1S/C9H16O5S/c1-7(2)8(12)6(11)5(4(10)3-15)14-9(7,8)13/h4-6,10-13,15H,3H2,1-2H3/t4-,5-,6+,8+,9+/m1/s1. The van der Waals surface area contributed by atoms with Gasteiger partial charge in [0.2, 0.25) is 5.79 Å². The molecule has 0 radical (unpaired) electrons. The third-order valence-corrected chi connectivity index (χ3v) is 4.24. The van der Waals surface area contributed by atoms with Crippen LogP contribution in [0, 0.1) is 5.41 Å². The molecule has 88 valence electrons. The largest absolute Gasteiger partial charge is 0.389 e. The van der Waals surface area contributed by atoms with Crippen molar-refractivity contribution >= 4 is 12.6 Å². The zero-order chi connectivity index (χ0) is 11.6. The number of rotatable bonds is 2. The Hall–Kier alpha value is 0.150. The van der Waals surface area contributed by atoms with Crippen LogP contribution in [0.15, 0.2) is 0 Å². The molecule has 2 fully saturated rings. The fraction of sp³-hybridized carbons (Fsp3) is 1.00. The summed E-state index contributed by atoms with van der Waals surface area (Å²) in [6, 6.07) is 0. The summed E-state index contributed by atoms with van der Waals surface area (Å²) in [4.78, 5) is 0. The normalized spacial score (nSPS) is 53.8. The lowest BCUT2D eigenvalue weighted by atomic mass is 9.96. The zero-order valence-corrected chi connectivity index (χ0v) is 9.48. The molecule has 4 N–H and O–H groups in total. The van der Waals surface area contributed by atoms with Crippen molar-refractivity contribution in [3.8, 4) is 0 Å². The topological polar surface area (TPSA) is 90.2 Å². The smallest absolute Gasteiger partial charge is 0.207 e. The first-order valence-electron chi connectivity index (χ1n) is 4.83. The molecule has 0 unspecified atom stereocenters. The number of hydrogen-bond acceptors (Lipinski definition) is 6. The van der Waals surface area contributed by atoms with Crippen LogP contribution in [0.1, 0.15) is 13.8 Å². The van der Waals surface area contributed by atoms with Gasteiger partial charge in [-0.3, -0.25) is 0 Å². The average molecular weight is 236 g/mol. The highest BCUT2D eigenvalue weighted by Gasteiger charge is 2.92. The highest BCUT2D eigenvalue weighted by atomic mass is 32.1. The van der Waals surface area contributed by atoms with Crippen LogP contribution < -0.4 is 0 Å². The van der Waals surface area contributed by atoms with Crippen LogP contribution in [0.2, 0.25) is 0 Å². The first-order valence-corrected chi connectivity index (χ1v) is 5.47. The van der Waals surface area contributed by atoms with Gasteiger partial charge in [-0.1, -0.05) is 13.8 Å². The van der Waals surface area contributed by atoms with Crippen molar-refractivity contribution in [2.75, 3.05) is 5.75 Å². The Kier molecular flexibility index (Phi) is 2.23. The number of thiol groups is 1. The lowest BCUT2D eigenvalue weighted by molar-refractivity contribution is -0.191. The van der Waals surface area contributed by atoms with E-state index in [2.05, 4.69) is 12.6 Å². The van der Waals surface area contributed by atoms with Crippen LogP contribution in [0.5, 0.6) is 0 Å². The molecule has 15 heavy (non-hydrogen) atoms. The van der Waals surface area contributed by atoms with Crippen LogP contribution in [-0.2, 0) is 4.74 Å². The first-order chi connectivity index (χ1) is 6.74. The van der Waals surface area contributed by atoms with Gasteiger partial charge < -0.3 is 25.2 Å². The number of aliphatic hydroxyl groups is 4. The molecule has 0 amide bonds. The van der Waals surface area contributed by atoms with Gasteiger partial charge in [-0.15, -0.1) is 0 Å². The molecule has 2 aliphatic rings. The molecule has 0 bridgehead atoms. The van der Waals surface area contributed by atoms with Crippen LogP contribution in [0.3, 0.4) is 0 Å². The summed E-state index contributed by atoms with van der Waals surface area (Å²) in [5, 5.41) is 39.4. The molecule has 1 aliphatic carbocycles. The monoisotopic (exact) mass is 236 g/mol. The number of ether oxygens (including phenoxy) is 1. The Balaban J connectivity index is 2.25. The maximum absolute atomic E-state index is 10.1. The van der Waals surface area contributed by atoms with E-state index in [4.69, 9.17) is 4.74 Å². The third-order valence-electron chi connectivity index (χ3n) is 3.87. The van der Waals surface area contributed by atoms with E-state index < -0.39 is 35.1 Å². The van der Waals surface area contributed by atoms with Crippen molar-refractivity contribution in [3.63, 3.8) is 0 Å². The summed E-state index contributed by atoms with van der Waals surface area (Å²) in [6.45, 7) is 3.19. The number of hydrogen-bond donors (Lipinski definition) is 5. The molecule has 0 aromatic rings. The van der Waals surface area contributed by atoms with E-state index in [-0.39, 0.29) is 5.75 Å². The highest BCUT2D eigenvalue weighted by molar-refractivity contribution is 7.80. The van der Waals surface area contributed by atoms with Gasteiger partial charge in [-0.05, 0) is 0 Å². The summed E-state index contributed by atoms with van der Waals surface area (Å²) < 4.78 is 5.16. The fourth-order valence-electron chi connectivity index (χ4n) is 2.52. The Morgan fingerprint density at radius 3 is 2.27 bits per heavy atom. The van der Waals surface area contributed by atoms with Gasteiger partial charge in [-0.2, -0.15) is 12.6 Å². The minimum absolute atomic E-state index is 0.0916. The molecule has 2 rings (SSSR count). The van der Waals surface area contributed by atoms with Crippen LogP contribution in [0.4, 0.5) is 0 Å². The van der Waals surface area contributed by atoms with Crippen LogP contribution in [0.25, 0.3) is 0 Å². The Morgan fingerprint density at radius 2 is 1.93 bits per heavy atom. The van der Waals surface area contributed by atoms with E-state index in [0.717, 1.165) is 0 Å². The summed E-state index contributed by atoms with van der Waals surface area (Å²) >= 11 is 3.87. The maximum atomic E-state index is 10.1. The Labute approximate surface area is 93.1 Å². The van der Waals surface area contributed by atoms with Crippen molar-refractivity contribution in [2.24, 2.45) is 5.41 Å². The van der Waals surface area contributed by atoms with Gasteiger partial charge in [0.1, 0.15) is 12.2 Å². The molecule has 0 aromatic carbocycles. The first kappa shape index (κ1) is 11.6. The van der Waals surface area contributed by atoms with Crippen molar-refractivity contribution in [2.45, 2.75) is 43.5 Å². The lowest BCUT2D eigenvalue weighted by Crippen LogP contribution is -2.46. The molecule has 0 aromatic heterocycles. The van der Waals surface area contributed by atoms with Gasteiger partial charge >= 0.3 is 0 Å². The fourth-order valence-corrected chi connectivity index (χ4v) is 2.73. The lowest BCUT2D eigenvalue weighted by Gasteiger charge is -2.27. The van der Waals surface area contributed by atoms with Crippen molar-refractivity contribution in [1.29, 1.82) is 0 Å². The summed E-state index contributed by atoms with van der Waals surface area (Å²) in [5.74, 6) is -1.68. The van der Waals surface area contributed by atoms with E-state index in [1.54, 1.807) is 13.8 Å². The van der Waals surface area contributed by atoms with E-state index in [1.165, 1.54) is 0 Å². The minimum Gasteiger partial charge on any atom is -0.389 e. The predicted molar refractivity (Wildman–Crippen MR) is 54.4 cm³/mol. The van der Waals surface area contributed by atoms with Gasteiger partial charge in [0.25, 0.3) is 0 Å². The quantitative estimate of drug-likeness (QED) is 0.376. The van der Waals surface area contributed by atoms with Gasteiger partial charge in [0.05, 0.1) is 11.5 Å². The molecule has 5 nitrogen and oxygen atoms in total. The Bertz CT molecular complexity index is 296. The summed E-state index contributed by atoms with van der Waals surface area (Å²) in [7, 11) is 0. The molecule has 6 heteroatoms. The molecule has 0 spiro atoms. The highest BCUT2D eigenvalue weighted by Crippen LogP contribution is 2.71. The number of aliphatic hydroxyl groups excluding tert-OH is 2. The van der Waals surface area contributed by atoms with E-state index >= 15 is 0 Å². The van der Waals surface area contributed by atoms with Crippen molar-refractivity contribution in [3.05, 3.63) is 0 Å².